The Kier molecular flexibility index (Phi) is 6.24. The van der Waals surface area contributed by atoms with Gasteiger partial charge in [-0.25, -0.2) is 0 Å². The molecule has 0 aromatic heterocycles. The highest BCUT2D eigenvalue weighted by atomic mass is 16.6. The van der Waals surface area contributed by atoms with Crippen molar-refractivity contribution in [3.8, 4) is 11.5 Å². The van der Waals surface area contributed by atoms with E-state index in [9.17, 15) is 9.59 Å². The van der Waals surface area contributed by atoms with Crippen LogP contribution in [0.1, 0.15) is 68.7 Å². The first-order valence-corrected chi connectivity index (χ1v) is 17.1. The number of ether oxygens (including phenoxy) is 3. The van der Waals surface area contributed by atoms with Gasteiger partial charge in [0.15, 0.2) is 17.3 Å². The van der Waals surface area contributed by atoms with E-state index < -0.39 is 11.5 Å². The van der Waals surface area contributed by atoms with Crippen LogP contribution in [0, 0.1) is 31.1 Å². The highest BCUT2D eigenvalue weighted by Crippen LogP contribution is 2.75. The summed E-state index contributed by atoms with van der Waals surface area (Å²) < 4.78 is 19.5. The van der Waals surface area contributed by atoms with E-state index in [0.717, 1.165) is 54.5 Å². The minimum atomic E-state index is -0.920. The Bertz CT molecular complexity index is 1860. The molecular weight excluding hydrogens is 588 g/mol. The van der Waals surface area contributed by atoms with Gasteiger partial charge in [-0.05, 0) is 118 Å². The van der Waals surface area contributed by atoms with Crippen LogP contribution in [-0.2, 0) is 16.6 Å². The lowest BCUT2D eigenvalue weighted by Gasteiger charge is -2.71. The van der Waals surface area contributed by atoms with Gasteiger partial charge in [-0.3, -0.25) is 14.5 Å². The number of Topliss-reactive ketones (excluding diaryl/α,β-unsaturated/α-hetero) is 1. The number of likely N-dealkylation sites (tertiary alicyclic amines) is 1. The Morgan fingerprint density at radius 3 is 2.49 bits per heavy atom. The van der Waals surface area contributed by atoms with Crippen molar-refractivity contribution < 1.29 is 23.8 Å². The number of rotatable bonds is 8. The molecule has 2 heterocycles. The molecule has 5 aliphatic carbocycles. The summed E-state index contributed by atoms with van der Waals surface area (Å²) in [7, 11) is 3.44. The Hall–Kier alpha value is -3.94. The van der Waals surface area contributed by atoms with E-state index in [4.69, 9.17) is 14.2 Å². The van der Waals surface area contributed by atoms with Crippen molar-refractivity contribution in [1.82, 2.24) is 4.90 Å². The molecule has 242 valence electrons. The van der Waals surface area contributed by atoms with E-state index >= 15 is 0 Å². The summed E-state index contributed by atoms with van der Waals surface area (Å²) in [5.41, 5.74) is 5.30. The van der Waals surface area contributed by atoms with Gasteiger partial charge in [-0.2, -0.15) is 0 Å². The second-order valence-electron chi connectivity index (χ2n) is 14.9. The molecule has 7 aliphatic rings. The van der Waals surface area contributed by atoms with Gasteiger partial charge in [0, 0.05) is 47.5 Å². The van der Waals surface area contributed by atoms with Gasteiger partial charge in [0.1, 0.15) is 11.7 Å². The van der Waals surface area contributed by atoms with Crippen LogP contribution in [0.3, 0.4) is 0 Å². The first kappa shape index (κ1) is 29.2. The van der Waals surface area contributed by atoms with Crippen molar-refractivity contribution in [2.24, 2.45) is 17.3 Å². The summed E-state index contributed by atoms with van der Waals surface area (Å²) in [6.07, 6.45) is 9.55. The lowest BCUT2D eigenvalue weighted by Crippen LogP contribution is -2.79. The number of hydrogen-bond donors (Lipinski definition) is 1. The molecule has 7 nitrogen and oxygen atoms in total. The largest absolute Gasteiger partial charge is 0.493 e. The van der Waals surface area contributed by atoms with Crippen molar-refractivity contribution in [2.45, 2.75) is 69.1 Å². The Labute approximate surface area is 276 Å². The Balaban J connectivity index is 1.08. The highest BCUT2D eigenvalue weighted by molar-refractivity contribution is 6.05. The van der Waals surface area contributed by atoms with Crippen LogP contribution >= 0.6 is 0 Å². The summed E-state index contributed by atoms with van der Waals surface area (Å²) in [5, 5.41) is 3.00. The van der Waals surface area contributed by atoms with Crippen molar-refractivity contribution in [2.75, 3.05) is 32.6 Å². The van der Waals surface area contributed by atoms with E-state index in [1.165, 1.54) is 24.0 Å². The molecule has 0 radical (unpaired) electrons. The lowest BCUT2D eigenvalue weighted by atomic mass is 9.36. The van der Waals surface area contributed by atoms with Gasteiger partial charge < -0.3 is 19.5 Å². The zero-order valence-corrected chi connectivity index (χ0v) is 27.6. The van der Waals surface area contributed by atoms with Crippen LogP contribution in [0.5, 0.6) is 11.5 Å². The molecule has 47 heavy (non-hydrogen) atoms. The van der Waals surface area contributed by atoms with Crippen molar-refractivity contribution in [1.29, 1.82) is 0 Å². The number of hydrogen-bond acceptors (Lipinski definition) is 6. The van der Waals surface area contributed by atoms with Crippen LogP contribution in [0.25, 0.3) is 0 Å². The molecule has 1 amide bonds. The number of amides is 1. The van der Waals surface area contributed by atoms with Crippen LogP contribution in [0.4, 0.5) is 5.69 Å². The summed E-state index contributed by atoms with van der Waals surface area (Å²) in [6.45, 7) is 6.19. The fourth-order valence-corrected chi connectivity index (χ4v) is 10.2. The number of nitrogens with one attached hydrogen (secondary N) is 1. The Morgan fingerprint density at radius 2 is 1.77 bits per heavy atom. The van der Waals surface area contributed by atoms with Crippen molar-refractivity contribution in [3.05, 3.63) is 100 Å². The molecule has 3 fully saturated rings. The zero-order valence-electron chi connectivity index (χ0n) is 27.6. The first-order valence-electron chi connectivity index (χ1n) is 17.1. The molecule has 2 spiro atoms. The predicted molar refractivity (Wildman–Crippen MR) is 180 cm³/mol. The predicted octanol–water partition coefficient (Wildman–Crippen LogP) is 6.45. The molecule has 4 bridgehead atoms. The van der Waals surface area contributed by atoms with Gasteiger partial charge >= 0.3 is 0 Å². The monoisotopic (exact) mass is 630 g/mol. The standard InChI is InChI=1S/C40H42N2O5/c1-23-5-8-28(19-24(23)2)36(44)41-29-12-9-26(10-13-29)34(43)30-21-38-15-16-40(30,46-4)37-39(38)17-18-42(22-25-6-7-25)32(38)20-27-11-14-31(45-3)35(47-37)33(27)39/h5,8-16,19,25,30,32,37H,6-7,17-18,20-22H2,1-4H3,(H,41,44)/t30-,32-,37-,38-,39+,40-/m1/s1. The molecular formula is C40H42N2O5. The van der Waals surface area contributed by atoms with Crippen LogP contribution in [0.2, 0.25) is 0 Å². The van der Waals surface area contributed by atoms with Gasteiger partial charge in [0.25, 0.3) is 5.91 Å². The van der Waals surface area contributed by atoms with Crippen LogP contribution < -0.4 is 14.8 Å². The minimum absolute atomic E-state index is 0.0570. The number of piperidine rings is 1. The average molecular weight is 631 g/mol. The molecule has 1 saturated heterocycles. The smallest absolute Gasteiger partial charge is 0.255 e. The maximum atomic E-state index is 14.7. The summed E-state index contributed by atoms with van der Waals surface area (Å²) in [6, 6.07) is 17.6. The third kappa shape index (κ3) is 3.81. The van der Waals surface area contributed by atoms with Gasteiger partial charge in [-0.15, -0.1) is 0 Å². The maximum Gasteiger partial charge on any atom is 0.255 e. The highest BCUT2D eigenvalue weighted by Gasteiger charge is 2.80. The number of carbonyl (C=O) groups excluding carboxylic acids is 2. The molecule has 7 heteroatoms. The van der Waals surface area contributed by atoms with E-state index in [0.29, 0.717) is 29.3 Å². The number of benzene rings is 3. The quantitative estimate of drug-likeness (QED) is 0.228. The fourth-order valence-electron chi connectivity index (χ4n) is 10.2. The fraction of sp³-hybridized carbons (Fsp3) is 0.450. The summed E-state index contributed by atoms with van der Waals surface area (Å²) in [4.78, 5) is 30.5. The third-order valence-electron chi connectivity index (χ3n) is 12.8. The summed E-state index contributed by atoms with van der Waals surface area (Å²) in [5.74, 6) is 1.85. The SMILES string of the molecule is COc1ccc2c3c1O[C@H]1[C@@]4(OC)C=C[C@@]5(C[C@@H]4C(=O)c4ccc(NC(=O)c6ccc(C)c(C)c6)cc4)[C@@H](C2)N(CC2CC2)CC[C@]315. The Morgan fingerprint density at radius 1 is 0.979 bits per heavy atom. The first-order chi connectivity index (χ1) is 22.7. The van der Waals surface area contributed by atoms with Crippen molar-refractivity contribution >= 4 is 17.4 Å². The van der Waals surface area contributed by atoms with E-state index in [2.05, 4.69) is 34.5 Å². The topological polar surface area (TPSA) is 77.1 Å². The number of nitrogens with zero attached hydrogens (tertiary/aromatic N) is 1. The molecule has 2 saturated carbocycles. The number of aryl methyl sites for hydroxylation is 2. The number of ketones is 1. The molecule has 6 atom stereocenters. The number of fused-ring (bicyclic) bond motifs is 1. The van der Waals surface area contributed by atoms with Crippen LogP contribution in [0.15, 0.2) is 66.7 Å². The second kappa shape index (κ2) is 10.0. The summed E-state index contributed by atoms with van der Waals surface area (Å²) >= 11 is 0. The molecule has 1 N–H and O–H groups in total. The number of methoxy groups -OCH3 is 2. The minimum Gasteiger partial charge on any atom is -0.493 e. The molecule has 0 unspecified atom stereocenters. The number of anilines is 1. The molecule has 10 rings (SSSR count). The van der Waals surface area contributed by atoms with Gasteiger partial charge in [0.05, 0.1) is 18.4 Å². The molecule has 3 aromatic rings. The molecule has 3 aromatic carbocycles. The van der Waals surface area contributed by atoms with Crippen molar-refractivity contribution in [3.63, 3.8) is 0 Å². The molecule has 2 aliphatic heterocycles. The number of carbonyl (C=O) groups is 2. The second-order valence-corrected chi connectivity index (χ2v) is 14.9. The van der Waals surface area contributed by atoms with Gasteiger partial charge in [0.2, 0.25) is 0 Å². The third-order valence-corrected chi connectivity index (χ3v) is 12.8. The van der Waals surface area contributed by atoms with E-state index in [1.807, 2.05) is 56.3 Å². The zero-order chi connectivity index (χ0) is 32.3. The average Bonchev–Trinajstić information content (AvgIpc) is 3.83. The van der Waals surface area contributed by atoms with E-state index in [-0.39, 0.29) is 28.6 Å². The van der Waals surface area contributed by atoms with E-state index in [1.54, 1.807) is 14.2 Å². The normalized spacial score (nSPS) is 32.5. The maximum absolute atomic E-state index is 14.7. The van der Waals surface area contributed by atoms with Crippen LogP contribution in [-0.4, -0.2) is 61.6 Å². The lowest BCUT2D eigenvalue weighted by molar-refractivity contribution is -0.206. The van der Waals surface area contributed by atoms with Gasteiger partial charge in [-0.1, -0.05) is 24.3 Å².